The van der Waals surface area contributed by atoms with Crippen LogP contribution in [0.25, 0.3) is 0 Å². The Bertz CT molecular complexity index is 215. The van der Waals surface area contributed by atoms with Crippen molar-refractivity contribution in [2.24, 2.45) is 5.41 Å². The lowest BCUT2D eigenvalue weighted by Crippen LogP contribution is -2.43. The lowest BCUT2D eigenvalue weighted by molar-refractivity contribution is 0.166. The summed E-state index contributed by atoms with van der Waals surface area (Å²) in [5, 5.41) is 3.33. The van der Waals surface area contributed by atoms with Crippen LogP contribution < -0.4 is 5.32 Å². The molecule has 0 heterocycles. The van der Waals surface area contributed by atoms with E-state index < -0.39 is 0 Å². The summed E-state index contributed by atoms with van der Waals surface area (Å²) >= 11 is 0. The van der Waals surface area contributed by atoms with Gasteiger partial charge in [-0.2, -0.15) is 0 Å². The standard InChI is InChI=1S/C12H23NO/c1-7-8-14-10-13-12(5,6)9-11(2,3)4/h13H,9-10H2,1-6H3. The third-order valence-corrected chi connectivity index (χ3v) is 1.77. The highest BCUT2D eigenvalue weighted by Crippen LogP contribution is 2.26. The van der Waals surface area contributed by atoms with E-state index in [-0.39, 0.29) is 5.54 Å². The molecule has 0 aromatic heterocycles. The van der Waals surface area contributed by atoms with Gasteiger partial charge in [0.15, 0.2) is 6.73 Å². The summed E-state index contributed by atoms with van der Waals surface area (Å²) < 4.78 is 5.06. The van der Waals surface area contributed by atoms with Crippen LogP contribution in [-0.4, -0.2) is 12.3 Å². The second-order valence-corrected chi connectivity index (χ2v) is 5.44. The van der Waals surface area contributed by atoms with Crippen molar-refractivity contribution < 1.29 is 4.74 Å². The van der Waals surface area contributed by atoms with Crippen LogP contribution in [0.1, 0.15) is 48.0 Å². The molecule has 0 unspecified atom stereocenters. The normalized spacial score (nSPS) is 11.9. The Kier molecular flexibility index (Phi) is 5.01. The Morgan fingerprint density at radius 2 is 1.71 bits per heavy atom. The number of ether oxygens (including phenoxy) is 1. The molecule has 0 radical (unpaired) electrons. The monoisotopic (exact) mass is 197 g/mol. The molecular weight excluding hydrogens is 174 g/mol. The highest BCUT2D eigenvalue weighted by molar-refractivity contribution is 4.86. The highest BCUT2D eigenvalue weighted by Gasteiger charge is 2.24. The molecule has 0 aromatic rings. The first-order valence-electron chi connectivity index (χ1n) is 5.05. The molecule has 0 aromatic carbocycles. The van der Waals surface area contributed by atoms with Crippen LogP contribution >= 0.6 is 0 Å². The quantitative estimate of drug-likeness (QED) is 0.425. The van der Waals surface area contributed by atoms with Crippen molar-refractivity contribution in [3.8, 4) is 12.0 Å². The van der Waals surface area contributed by atoms with Crippen LogP contribution in [-0.2, 0) is 4.74 Å². The van der Waals surface area contributed by atoms with E-state index in [0.717, 1.165) is 6.42 Å². The predicted molar refractivity (Wildman–Crippen MR) is 60.7 cm³/mol. The minimum Gasteiger partial charge on any atom is -0.431 e. The van der Waals surface area contributed by atoms with Crippen LogP contribution in [0.3, 0.4) is 0 Å². The van der Waals surface area contributed by atoms with E-state index in [1.165, 1.54) is 0 Å². The predicted octanol–water partition coefficient (Wildman–Crippen LogP) is 2.75. The lowest BCUT2D eigenvalue weighted by atomic mass is 9.82. The van der Waals surface area contributed by atoms with Gasteiger partial charge in [0.25, 0.3) is 0 Å². The Hall–Kier alpha value is -0.680. The number of rotatable bonds is 4. The van der Waals surface area contributed by atoms with Crippen LogP contribution in [0.15, 0.2) is 0 Å². The molecule has 0 aliphatic heterocycles. The molecule has 14 heavy (non-hydrogen) atoms. The summed E-state index contributed by atoms with van der Waals surface area (Å²) in [6.07, 6.45) is 3.67. The van der Waals surface area contributed by atoms with E-state index in [1.54, 1.807) is 6.92 Å². The van der Waals surface area contributed by atoms with Crippen molar-refractivity contribution in [2.75, 3.05) is 6.73 Å². The van der Waals surface area contributed by atoms with Gasteiger partial charge < -0.3 is 4.74 Å². The second kappa shape index (κ2) is 5.26. The van der Waals surface area contributed by atoms with Crippen molar-refractivity contribution in [2.45, 2.75) is 53.5 Å². The number of hydrogen-bond donors (Lipinski definition) is 1. The topological polar surface area (TPSA) is 21.3 Å². The van der Waals surface area contributed by atoms with E-state index in [2.05, 4.69) is 52.0 Å². The van der Waals surface area contributed by atoms with Gasteiger partial charge in [0, 0.05) is 12.5 Å². The van der Waals surface area contributed by atoms with E-state index in [0.29, 0.717) is 12.1 Å². The van der Waals surface area contributed by atoms with Gasteiger partial charge in [0.05, 0.1) is 0 Å². The largest absolute Gasteiger partial charge is 0.431 e. The molecule has 0 bridgehead atoms. The first kappa shape index (κ1) is 13.3. The maximum atomic E-state index is 5.06. The van der Waals surface area contributed by atoms with Crippen molar-refractivity contribution in [1.82, 2.24) is 5.32 Å². The molecule has 0 saturated heterocycles. The molecule has 0 amide bonds. The SMILES string of the molecule is CC#COCNC(C)(C)CC(C)(C)C. The molecule has 1 N–H and O–H groups in total. The average molecular weight is 197 g/mol. The molecule has 2 nitrogen and oxygen atoms in total. The van der Waals surface area contributed by atoms with Gasteiger partial charge in [-0.05, 0) is 25.7 Å². The highest BCUT2D eigenvalue weighted by atomic mass is 16.5. The molecule has 0 saturated carbocycles. The lowest BCUT2D eigenvalue weighted by Gasteiger charge is -2.32. The number of nitrogens with one attached hydrogen (secondary N) is 1. The zero-order valence-corrected chi connectivity index (χ0v) is 10.3. The van der Waals surface area contributed by atoms with E-state index >= 15 is 0 Å². The Balaban J connectivity index is 3.87. The fraction of sp³-hybridized carbons (Fsp3) is 0.833. The third-order valence-electron chi connectivity index (χ3n) is 1.77. The molecule has 82 valence electrons. The van der Waals surface area contributed by atoms with Crippen LogP contribution in [0.4, 0.5) is 0 Å². The average Bonchev–Trinajstić information content (AvgIpc) is 1.93. The van der Waals surface area contributed by atoms with E-state index in [1.807, 2.05) is 0 Å². The first-order valence-corrected chi connectivity index (χ1v) is 5.05. The van der Waals surface area contributed by atoms with Crippen LogP contribution in [0.2, 0.25) is 0 Å². The summed E-state index contributed by atoms with van der Waals surface area (Å²) in [5.74, 6) is 2.69. The Labute approximate surface area is 88.4 Å². The maximum Gasteiger partial charge on any atom is 0.151 e. The second-order valence-electron chi connectivity index (χ2n) is 5.44. The number of hydrogen-bond acceptors (Lipinski definition) is 2. The minimum absolute atomic E-state index is 0.0909. The zero-order valence-electron chi connectivity index (χ0n) is 10.3. The molecule has 0 aliphatic rings. The summed E-state index contributed by atoms with van der Waals surface area (Å²) in [7, 11) is 0. The third kappa shape index (κ3) is 7.94. The van der Waals surface area contributed by atoms with Gasteiger partial charge in [-0.3, -0.25) is 5.32 Å². The van der Waals surface area contributed by atoms with Crippen LogP contribution in [0.5, 0.6) is 0 Å². The summed E-state index contributed by atoms with van der Waals surface area (Å²) in [6, 6.07) is 0. The first-order chi connectivity index (χ1) is 6.27. The van der Waals surface area contributed by atoms with Crippen molar-refractivity contribution in [3.05, 3.63) is 0 Å². The van der Waals surface area contributed by atoms with E-state index in [4.69, 9.17) is 4.74 Å². The summed E-state index contributed by atoms with van der Waals surface area (Å²) in [4.78, 5) is 0. The minimum atomic E-state index is 0.0909. The zero-order chi connectivity index (χ0) is 11.2. The Morgan fingerprint density at radius 3 is 2.14 bits per heavy atom. The summed E-state index contributed by atoms with van der Waals surface area (Å²) in [6.45, 7) is 13.3. The van der Waals surface area contributed by atoms with Gasteiger partial charge in [0.2, 0.25) is 0 Å². The molecule has 0 aliphatic carbocycles. The van der Waals surface area contributed by atoms with Gasteiger partial charge in [-0.15, -0.1) is 0 Å². The molecule has 0 fully saturated rings. The van der Waals surface area contributed by atoms with Crippen LogP contribution in [0, 0.1) is 17.4 Å². The smallest absolute Gasteiger partial charge is 0.151 e. The molecular formula is C12H23NO. The molecule has 2 heteroatoms. The Morgan fingerprint density at radius 1 is 1.14 bits per heavy atom. The van der Waals surface area contributed by atoms with Crippen molar-refractivity contribution in [3.63, 3.8) is 0 Å². The fourth-order valence-corrected chi connectivity index (χ4v) is 1.73. The van der Waals surface area contributed by atoms with Gasteiger partial charge in [0.1, 0.15) is 6.11 Å². The van der Waals surface area contributed by atoms with E-state index in [9.17, 15) is 0 Å². The fourth-order valence-electron chi connectivity index (χ4n) is 1.73. The van der Waals surface area contributed by atoms with Crippen molar-refractivity contribution in [1.29, 1.82) is 0 Å². The maximum absolute atomic E-state index is 5.06. The molecule has 0 spiro atoms. The summed E-state index contributed by atoms with van der Waals surface area (Å²) in [5.41, 5.74) is 0.417. The van der Waals surface area contributed by atoms with Gasteiger partial charge >= 0.3 is 0 Å². The molecule has 0 rings (SSSR count). The van der Waals surface area contributed by atoms with Gasteiger partial charge in [-0.1, -0.05) is 26.7 Å². The molecule has 0 atom stereocenters. The van der Waals surface area contributed by atoms with Gasteiger partial charge in [-0.25, -0.2) is 0 Å². The van der Waals surface area contributed by atoms with Crippen molar-refractivity contribution >= 4 is 0 Å².